The number of urea groups is 1. The Morgan fingerprint density at radius 2 is 2.00 bits per heavy atom. The number of nitrogens with one attached hydrogen (secondary N) is 3. The number of carbonyl (C=O) groups is 1. The number of aromatic amines is 2. The number of H-pyrrole nitrogens is 2. The summed E-state index contributed by atoms with van der Waals surface area (Å²) in [5.41, 5.74) is 0.619. The van der Waals surface area contributed by atoms with E-state index in [4.69, 9.17) is 0 Å². The number of imidazole rings is 1. The molecule has 1 aliphatic rings. The molecular weight excluding hydrogens is 346 g/mol. The maximum absolute atomic E-state index is 12.9. The molecule has 3 rings (SSSR count). The van der Waals surface area contributed by atoms with Crippen LogP contribution in [0.15, 0.2) is 27.9 Å². The van der Waals surface area contributed by atoms with Gasteiger partial charge in [-0.25, -0.2) is 18.0 Å². The first-order valence-corrected chi connectivity index (χ1v) is 9.41. The normalized spacial score (nSPS) is 19.0. The molecule has 136 valence electrons. The summed E-state index contributed by atoms with van der Waals surface area (Å²) < 4.78 is 27.2. The van der Waals surface area contributed by atoms with Crippen LogP contribution >= 0.6 is 0 Å². The molecule has 1 aromatic carbocycles. The topological polar surface area (TPSA) is 118 Å². The highest BCUT2D eigenvalue weighted by atomic mass is 32.2. The molecule has 0 spiro atoms. The van der Waals surface area contributed by atoms with Crippen molar-refractivity contribution in [1.82, 2.24) is 24.5 Å². The van der Waals surface area contributed by atoms with E-state index < -0.39 is 10.0 Å². The van der Waals surface area contributed by atoms with E-state index in [1.54, 1.807) is 20.2 Å². The SMILES string of the molecule is CN(C)C(=O)NC1CCCN(S(=O)(=O)c2ccc3[nH]c(=O)[nH]c3c2)C1. The fourth-order valence-corrected chi connectivity index (χ4v) is 4.45. The monoisotopic (exact) mass is 367 g/mol. The van der Waals surface area contributed by atoms with Gasteiger partial charge < -0.3 is 20.2 Å². The Labute approximate surface area is 145 Å². The van der Waals surface area contributed by atoms with Crippen LogP contribution in [0.2, 0.25) is 0 Å². The van der Waals surface area contributed by atoms with E-state index in [0.29, 0.717) is 24.0 Å². The predicted octanol–water partition coefficient (Wildman–Crippen LogP) is 0.281. The predicted molar refractivity (Wildman–Crippen MR) is 92.9 cm³/mol. The number of sulfonamides is 1. The van der Waals surface area contributed by atoms with Crippen molar-refractivity contribution >= 4 is 27.1 Å². The van der Waals surface area contributed by atoms with Crippen LogP contribution in [0.3, 0.4) is 0 Å². The molecule has 1 saturated heterocycles. The van der Waals surface area contributed by atoms with Gasteiger partial charge in [-0.1, -0.05) is 0 Å². The fraction of sp³-hybridized carbons (Fsp3) is 0.467. The molecule has 2 heterocycles. The van der Waals surface area contributed by atoms with Crippen LogP contribution < -0.4 is 11.0 Å². The lowest BCUT2D eigenvalue weighted by molar-refractivity contribution is 0.203. The van der Waals surface area contributed by atoms with Crippen molar-refractivity contribution in [3.05, 3.63) is 28.7 Å². The minimum absolute atomic E-state index is 0.120. The zero-order chi connectivity index (χ0) is 18.2. The molecule has 0 saturated carbocycles. The van der Waals surface area contributed by atoms with Crippen LogP contribution in [0.1, 0.15) is 12.8 Å². The van der Waals surface area contributed by atoms with Gasteiger partial charge in [-0.15, -0.1) is 0 Å². The van der Waals surface area contributed by atoms with Gasteiger partial charge in [0.15, 0.2) is 0 Å². The van der Waals surface area contributed by atoms with Crippen LogP contribution in [0.5, 0.6) is 0 Å². The fourth-order valence-electron chi connectivity index (χ4n) is 2.90. The Hall–Kier alpha value is -2.33. The summed E-state index contributed by atoms with van der Waals surface area (Å²) in [7, 11) is -0.424. The van der Waals surface area contributed by atoms with Gasteiger partial charge in [0.2, 0.25) is 10.0 Å². The Balaban J connectivity index is 1.82. The van der Waals surface area contributed by atoms with Gasteiger partial charge in [-0.05, 0) is 31.0 Å². The van der Waals surface area contributed by atoms with E-state index in [2.05, 4.69) is 15.3 Å². The molecule has 25 heavy (non-hydrogen) atoms. The molecule has 1 unspecified atom stereocenters. The van der Waals surface area contributed by atoms with Gasteiger partial charge in [0.05, 0.1) is 15.9 Å². The lowest BCUT2D eigenvalue weighted by Gasteiger charge is -2.32. The lowest BCUT2D eigenvalue weighted by Crippen LogP contribution is -2.51. The van der Waals surface area contributed by atoms with Crippen molar-refractivity contribution < 1.29 is 13.2 Å². The Morgan fingerprint density at radius 1 is 1.28 bits per heavy atom. The highest BCUT2D eigenvalue weighted by Crippen LogP contribution is 2.23. The van der Waals surface area contributed by atoms with Gasteiger partial charge in [0.25, 0.3) is 0 Å². The summed E-state index contributed by atoms with van der Waals surface area (Å²) >= 11 is 0. The number of rotatable bonds is 3. The molecule has 0 bridgehead atoms. The Kier molecular flexibility index (Phi) is 4.56. The first kappa shape index (κ1) is 17.5. The minimum atomic E-state index is -3.70. The van der Waals surface area contributed by atoms with Crippen LogP contribution in [-0.4, -0.2) is 66.8 Å². The molecular formula is C15H21N5O4S. The van der Waals surface area contributed by atoms with Crippen LogP contribution in [-0.2, 0) is 10.0 Å². The van der Waals surface area contributed by atoms with Gasteiger partial charge in [0, 0.05) is 33.2 Å². The van der Waals surface area contributed by atoms with E-state index in [-0.39, 0.29) is 29.2 Å². The summed E-state index contributed by atoms with van der Waals surface area (Å²) in [6, 6.07) is 4.02. The second-order valence-corrected chi connectivity index (χ2v) is 8.27. The summed E-state index contributed by atoms with van der Waals surface area (Å²) in [6.07, 6.45) is 1.40. The Morgan fingerprint density at radius 3 is 2.72 bits per heavy atom. The third-order valence-electron chi connectivity index (χ3n) is 4.24. The zero-order valence-corrected chi connectivity index (χ0v) is 14.9. The number of fused-ring (bicyclic) bond motifs is 1. The number of amides is 2. The molecule has 9 nitrogen and oxygen atoms in total. The molecule has 1 fully saturated rings. The van der Waals surface area contributed by atoms with E-state index in [0.717, 1.165) is 6.42 Å². The molecule has 1 aliphatic heterocycles. The first-order chi connectivity index (χ1) is 11.8. The number of carbonyl (C=O) groups excluding carboxylic acids is 1. The maximum atomic E-state index is 12.9. The smallest absolute Gasteiger partial charge is 0.323 e. The molecule has 0 radical (unpaired) electrons. The third-order valence-corrected chi connectivity index (χ3v) is 6.10. The van der Waals surface area contributed by atoms with Crippen molar-refractivity contribution in [3.8, 4) is 0 Å². The highest BCUT2D eigenvalue weighted by Gasteiger charge is 2.31. The zero-order valence-electron chi connectivity index (χ0n) is 14.1. The number of nitrogens with zero attached hydrogens (tertiary/aromatic N) is 2. The number of benzene rings is 1. The molecule has 1 atom stereocenters. The minimum Gasteiger partial charge on any atom is -0.334 e. The first-order valence-electron chi connectivity index (χ1n) is 7.97. The summed E-state index contributed by atoms with van der Waals surface area (Å²) in [4.78, 5) is 29.8. The third kappa shape index (κ3) is 3.54. The standard InChI is InChI=1S/C15H21N5O4S/c1-19(2)15(22)16-10-4-3-7-20(9-10)25(23,24)11-5-6-12-13(8-11)18-14(21)17-12/h5-6,8,10H,3-4,7,9H2,1-2H3,(H,16,22)(H2,17,18,21). The van der Waals surface area contributed by atoms with Crippen molar-refractivity contribution in [1.29, 1.82) is 0 Å². The van der Waals surface area contributed by atoms with Gasteiger partial charge in [-0.2, -0.15) is 4.31 Å². The number of hydrogen-bond donors (Lipinski definition) is 3. The molecule has 2 aromatic rings. The number of piperidine rings is 1. The maximum Gasteiger partial charge on any atom is 0.323 e. The van der Waals surface area contributed by atoms with Gasteiger partial charge >= 0.3 is 11.7 Å². The molecule has 0 aliphatic carbocycles. The highest BCUT2D eigenvalue weighted by molar-refractivity contribution is 7.89. The second kappa shape index (κ2) is 6.52. The van der Waals surface area contributed by atoms with Crippen LogP contribution in [0.25, 0.3) is 11.0 Å². The summed E-state index contributed by atoms with van der Waals surface area (Å²) in [6.45, 7) is 0.627. The lowest BCUT2D eigenvalue weighted by atomic mass is 10.1. The Bertz CT molecular complexity index is 946. The van der Waals surface area contributed by atoms with E-state index in [1.807, 2.05) is 0 Å². The number of hydrogen-bond acceptors (Lipinski definition) is 4. The van der Waals surface area contributed by atoms with E-state index in [9.17, 15) is 18.0 Å². The molecule has 1 aromatic heterocycles. The second-order valence-electron chi connectivity index (χ2n) is 6.33. The van der Waals surface area contributed by atoms with Gasteiger partial charge in [0.1, 0.15) is 0 Å². The largest absolute Gasteiger partial charge is 0.334 e. The molecule has 10 heteroatoms. The van der Waals surface area contributed by atoms with Crippen molar-refractivity contribution in [3.63, 3.8) is 0 Å². The van der Waals surface area contributed by atoms with Gasteiger partial charge in [-0.3, -0.25) is 0 Å². The van der Waals surface area contributed by atoms with Crippen molar-refractivity contribution in [2.75, 3.05) is 27.2 Å². The quantitative estimate of drug-likeness (QED) is 0.722. The summed E-state index contributed by atoms with van der Waals surface area (Å²) in [5.74, 6) is 0. The summed E-state index contributed by atoms with van der Waals surface area (Å²) in [5, 5.41) is 2.83. The average molecular weight is 367 g/mol. The number of aromatic nitrogens is 2. The molecule has 2 amide bonds. The molecule has 3 N–H and O–H groups in total. The van der Waals surface area contributed by atoms with E-state index in [1.165, 1.54) is 21.3 Å². The van der Waals surface area contributed by atoms with Crippen LogP contribution in [0.4, 0.5) is 4.79 Å². The van der Waals surface area contributed by atoms with Crippen LogP contribution in [0, 0.1) is 0 Å². The average Bonchev–Trinajstić information content (AvgIpc) is 2.94. The van der Waals surface area contributed by atoms with E-state index >= 15 is 0 Å². The van der Waals surface area contributed by atoms with Crippen molar-refractivity contribution in [2.24, 2.45) is 0 Å². The van der Waals surface area contributed by atoms with Crippen molar-refractivity contribution in [2.45, 2.75) is 23.8 Å².